The van der Waals surface area contributed by atoms with Crippen molar-refractivity contribution in [3.05, 3.63) is 97.1 Å². The Morgan fingerprint density at radius 3 is 1.09 bits per heavy atom. The molecule has 0 amide bonds. The van der Waals surface area contributed by atoms with Gasteiger partial charge < -0.3 is 58.7 Å². The monoisotopic (exact) mass is 744 g/mol. The van der Waals surface area contributed by atoms with E-state index in [1.807, 2.05) is 97.1 Å². The standard InChI is InChI=1S/2C19H21NO4.C2H2O4/c2*1-13(19-12-22-16-7-3-5-9-18(16)24-19)20-10-14-11-21-15-6-2-4-8-17(15)23-14;3-1(4)2(5)6/h2*2-9,13-14,19-20H,10-12H2,1H3;(H,3,4)(H,5,6). The van der Waals surface area contributed by atoms with E-state index in [9.17, 15) is 0 Å². The molecule has 14 nitrogen and oxygen atoms in total. The van der Waals surface area contributed by atoms with E-state index >= 15 is 0 Å². The molecule has 4 heterocycles. The van der Waals surface area contributed by atoms with Gasteiger partial charge in [0.2, 0.25) is 0 Å². The minimum Gasteiger partial charge on any atom is -0.486 e. The van der Waals surface area contributed by atoms with Gasteiger partial charge in [0, 0.05) is 25.2 Å². The van der Waals surface area contributed by atoms with Crippen LogP contribution in [0.2, 0.25) is 0 Å². The maximum Gasteiger partial charge on any atom is 0.414 e. The van der Waals surface area contributed by atoms with Gasteiger partial charge in [-0.3, -0.25) is 0 Å². The highest BCUT2D eigenvalue weighted by Crippen LogP contribution is 2.34. The Morgan fingerprint density at radius 2 is 0.778 bits per heavy atom. The van der Waals surface area contributed by atoms with Crippen LogP contribution < -0.4 is 48.5 Å². The lowest BCUT2D eigenvalue weighted by Gasteiger charge is -2.32. The molecule has 54 heavy (non-hydrogen) atoms. The molecule has 4 aliphatic heterocycles. The lowest BCUT2D eigenvalue weighted by atomic mass is 10.1. The van der Waals surface area contributed by atoms with Crippen LogP contribution in [0.3, 0.4) is 0 Å². The van der Waals surface area contributed by atoms with Crippen molar-refractivity contribution >= 4 is 11.9 Å². The Labute approximate surface area is 312 Å². The molecule has 14 heteroatoms. The van der Waals surface area contributed by atoms with Gasteiger partial charge in [0.15, 0.2) is 46.0 Å². The lowest BCUT2D eigenvalue weighted by molar-refractivity contribution is -0.159. The largest absolute Gasteiger partial charge is 0.486 e. The molecule has 0 aromatic heterocycles. The smallest absolute Gasteiger partial charge is 0.414 e. The second-order valence-corrected chi connectivity index (χ2v) is 12.8. The molecule has 0 saturated heterocycles. The van der Waals surface area contributed by atoms with Crippen molar-refractivity contribution in [1.82, 2.24) is 10.6 Å². The molecule has 4 N–H and O–H groups in total. The highest BCUT2D eigenvalue weighted by molar-refractivity contribution is 6.27. The molecule has 0 bridgehead atoms. The number of carboxylic acids is 2. The van der Waals surface area contributed by atoms with Gasteiger partial charge in [-0.05, 0) is 62.4 Å². The molecule has 0 radical (unpaired) electrons. The summed E-state index contributed by atoms with van der Waals surface area (Å²) in [6, 6.07) is 31.3. The van der Waals surface area contributed by atoms with Crippen LogP contribution >= 0.6 is 0 Å². The fourth-order valence-electron chi connectivity index (χ4n) is 5.79. The number of carbonyl (C=O) groups is 2. The zero-order chi connectivity index (χ0) is 37.9. The number of aliphatic carboxylic acids is 2. The Morgan fingerprint density at radius 1 is 0.500 bits per heavy atom. The van der Waals surface area contributed by atoms with E-state index in [2.05, 4.69) is 24.5 Å². The summed E-state index contributed by atoms with van der Waals surface area (Å²) >= 11 is 0. The van der Waals surface area contributed by atoms with Gasteiger partial charge in [-0.25, -0.2) is 9.59 Å². The maximum atomic E-state index is 9.10. The number of benzene rings is 4. The van der Waals surface area contributed by atoms with Crippen molar-refractivity contribution in [3.63, 3.8) is 0 Å². The van der Waals surface area contributed by atoms with E-state index in [4.69, 9.17) is 57.7 Å². The SMILES string of the molecule is CC(NCC1COc2ccccc2O1)C1COc2ccccc2O1.CC(NCC1COc2ccccc2O1)C1COc2ccccc2O1.O=C(O)C(=O)O. The van der Waals surface area contributed by atoms with Crippen LogP contribution in [-0.4, -0.2) is 98.2 Å². The van der Waals surface area contributed by atoms with E-state index in [1.165, 1.54) is 0 Å². The second kappa shape index (κ2) is 18.3. The summed E-state index contributed by atoms with van der Waals surface area (Å²) in [4.78, 5) is 18.2. The molecule has 4 aliphatic rings. The minimum absolute atomic E-state index is 0.0147. The van der Waals surface area contributed by atoms with E-state index in [-0.39, 0.29) is 36.5 Å². The van der Waals surface area contributed by atoms with Crippen molar-refractivity contribution in [2.75, 3.05) is 39.5 Å². The molecule has 6 unspecified atom stereocenters. The topological polar surface area (TPSA) is 172 Å². The average Bonchev–Trinajstić information content (AvgIpc) is 3.21. The minimum atomic E-state index is -1.82. The molecule has 0 spiro atoms. The van der Waals surface area contributed by atoms with E-state index in [0.29, 0.717) is 39.5 Å². The number of rotatable bonds is 8. The average molecular weight is 745 g/mol. The summed E-state index contributed by atoms with van der Waals surface area (Å²) in [7, 11) is 0. The summed E-state index contributed by atoms with van der Waals surface area (Å²) in [6.07, 6.45) is -0.0910. The highest BCUT2D eigenvalue weighted by Gasteiger charge is 2.29. The first-order valence-electron chi connectivity index (χ1n) is 17.7. The van der Waals surface area contributed by atoms with Crippen LogP contribution in [0.4, 0.5) is 0 Å². The molecule has 4 aromatic carbocycles. The van der Waals surface area contributed by atoms with Crippen LogP contribution in [0.25, 0.3) is 0 Å². The molecule has 8 rings (SSSR count). The van der Waals surface area contributed by atoms with Gasteiger partial charge in [0.25, 0.3) is 0 Å². The van der Waals surface area contributed by atoms with Crippen LogP contribution in [0.5, 0.6) is 46.0 Å². The molecule has 0 fully saturated rings. The number of ether oxygens (including phenoxy) is 8. The van der Waals surface area contributed by atoms with Crippen LogP contribution in [0.15, 0.2) is 97.1 Å². The predicted molar refractivity (Wildman–Crippen MR) is 196 cm³/mol. The number of nitrogens with one attached hydrogen (secondary N) is 2. The number of hydrogen-bond donors (Lipinski definition) is 4. The van der Waals surface area contributed by atoms with E-state index in [0.717, 1.165) is 46.0 Å². The van der Waals surface area contributed by atoms with Crippen LogP contribution in [0.1, 0.15) is 13.8 Å². The number of para-hydroxylation sites is 8. The van der Waals surface area contributed by atoms with Gasteiger partial charge in [-0.1, -0.05) is 48.5 Å². The zero-order valence-corrected chi connectivity index (χ0v) is 29.9. The Hall–Kier alpha value is -5.86. The molecule has 0 aliphatic carbocycles. The molecular formula is C40H44N2O12. The molecule has 6 atom stereocenters. The quantitative estimate of drug-likeness (QED) is 0.187. The third kappa shape index (κ3) is 10.2. The van der Waals surface area contributed by atoms with Gasteiger partial charge in [0.05, 0.1) is 0 Å². The van der Waals surface area contributed by atoms with Gasteiger partial charge in [-0.15, -0.1) is 0 Å². The molecular weight excluding hydrogens is 700 g/mol. The van der Waals surface area contributed by atoms with Gasteiger partial charge in [-0.2, -0.15) is 0 Å². The second-order valence-electron chi connectivity index (χ2n) is 12.8. The fraction of sp³-hybridized carbons (Fsp3) is 0.350. The summed E-state index contributed by atoms with van der Waals surface area (Å²) in [6.45, 7) is 7.74. The first-order chi connectivity index (χ1) is 26.2. The summed E-state index contributed by atoms with van der Waals surface area (Å²) in [5.41, 5.74) is 0. The van der Waals surface area contributed by atoms with Crippen molar-refractivity contribution in [1.29, 1.82) is 0 Å². The highest BCUT2D eigenvalue weighted by atomic mass is 16.6. The van der Waals surface area contributed by atoms with Crippen molar-refractivity contribution in [2.45, 2.75) is 50.3 Å². The number of carboxylic acid groups (broad SMARTS) is 2. The van der Waals surface area contributed by atoms with Crippen LogP contribution in [0, 0.1) is 0 Å². The van der Waals surface area contributed by atoms with E-state index in [1.54, 1.807) is 0 Å². The lowest BCUT2D eigenvalue weighted by Crippen LogP contribution is -2.50. The number of fused-ring (bicyclic) bond motifs is 4. The molecule has 0 saturated carbocycles. The summed E-state index contributed by atoms with van der Waals surface area (Å²) < 4.78 is 47.0. The Kier molecular flexibility index (Phi) is 12.8. The fourth-order valence-corrected chi connectivity index (χ4v) is 5.79. The Bertz CT molecular complexity index is 1720. The van der Waals surface area contributed by atoms with E-state index < -0.39 is 11.9 Å². The zero-order valence-electron chi connectivity index (χ0n) is 29.9. The first kappa shape index (κ1) is 37.9. The summed E-state index contributed by atoms with van der Waals surface area (Å²) in [5, 5.41) is 21.7. The molecule has 286 valence electrons. The number of hydrogen-bond acceptors (Lipinski definition) is 12. The maximum absolute atomic E-state index is 9.10. The van der Waals surface area contributed by atoms with Crippen molar-refractivity contribution < 1.29 is 57.7 Å². The van der Waals surface area contributed by atoms with Gasteiger partial charge in [0.1, 0.15) is 50.8 Å². The van der Waals surface area contributed by atoms with Crippen molar-refractivity contribution in [2.24, 2.45) is 0 Å². The van der Waals surface area contributed by atoms with Crippen LogP contribution in [-0.2, 0) is 9.59 Å². The normalized spacial score (nSPS) is 21.0. The Balaban J connectivity index is 0.000000160. The van der Waals surface area contributed by atoms with Crippen molar-refractivity contribution in [3.8, 4) is 46.0 Å². The summed E-state index contributed by atoms with van der Waals surface area (Å²) in [5.74, 6) is 2.78. The first-order valence-corrected chi connectivity index (χ1v) is 17.7. The predicted octanol–water partition coefficient (Wildman–Crippen LogP) is 4.44. The third-order valence-electron chi connectivity index (χ3n) is 8.83. The molecule has 4 aromatic rings. The third-order valence-corrected chi connectivity index (χ3v) is 8.83. The van der Waals surface area contributed by atoms with Gasteiger partial charge >= 0.3 is 11.9 Å².